The molecule has 100 valence electrons. The van der Waals surface area contributed by atoms with Gasteiger partial charge in [-0.3, -0.25) is 4.79 Å². The number of fused-ring (bicyclic) bond motifs is 1. The first-order valence-corrected chi connectivity index (χ1v) is 6.75. The summed E-state index contributed by atoms with van der Waals surface area (Å²) in [7, 11) is 0. The molecule has 2 unspecified atom stereocenters. The van der Waals surface area contributed by atoms with Crippen molar-refractivity contribution in [3.8, 4) is 0 Å². The van der Waals surface area contributed by atoms with Gasteiger partial charge in [0.2, 0.25) is 5.91 Å². The molecule has 2 aliphatic rings. The first-order chi connectivity index (χ1) is 9.08. The zero-order chi connectivity index (χ0) is 13.6. The standard InChI is InChI=1S/C15H17NO3/c1-9-7-12(9)14(17)16-6-2-3-10-8-11(15(18)19)4-5-13(10)16/h4-5,8-9,12H,2-3,6-7H2,1H3,(H,18,19). The molecule has 1 aliphatic carbocycles. The second kappa shape index (κ2) is 4.37. The van der Waals surface area contributed by atoms with Crippen molar-refractivity contribution >= 4 is 17.6 Å². The molecule has 2 atom stereocenters. The lowest BCUT2D eigenvalue weighted by atomic mass is 9.98. The quantitative estimate of drug-likeness (QED) is 0.886. The van der Waals surface area contributed by atoms with Crippen molar-refractivity contribution in [2.24, 2.45) is 11.8 Å². The van der Waals surface area contributed by atoms with E-state index in [0.29, 0.717) is 11.5 Å². The number of carboxylic acids is 1. The van der Waals surface area contributed by atoms with Crippen LogP contribution in [0.5, 0.6) is 0 Å². The third kappa shape index (κ3) is 2.11. The number of hydrogen-bond donors (Lipinski definition) is 1. The van der Waals surface area contributed by atoms with Gasteiger partial charge in [0.05, 0.1) is 5.56 Å². The Balaban J connectivity index is 1.92. The van der Waals surface area contributed by atoms with Crippen LogP contribution in [0.25, 0.3) is 0 Å². The van der Waals surface area contributed by atoms with Gasteiger partial charge >= 0.3 is 5.97 Å². The molecule has 0 bridgehead atoms. The Morgan fingerprint density at radius 3 is 2.74 bits per heavy atom. The van der Waals surface area contributed by atoms with Gasteiger partial charge in [-0.2, -0.15) is 0 Å². The van der Waals surface area contributed by atoms with Gasteiger partial charge in [0, 0.05) is 18.2 Å². The Bertz CT molecular complexity index is 552. The van der Waals surface area contributed by atoms with E-state index in [-0.39, 0.29) is 11.8 Å². The summed E-state index contributed by atoms with van der Waals surface area (Å²) in [6.45, 7) is 2.85. The molecule has 1 aliphatic heterocycles. The number of anilines is 1. The highest BCUT2D eigenvalue weighted by Crippen LogP contribution is 2.41. The second-order valence-corrected chi connectivity index (χ2v) is 5.56. The lowest BCUT2D eigenvalue weighted by molar-refractivity contribution is -0.120. The van der Waals surface area contributed by atoms with Crippen molar-refractivity contribution in [2.75, 3.05) is 11.4 Å². The Kier molecular flexibility index (Phi) is 2.81. The Hall–Kier alpha value is -1.84. The number of nitrogens with zero attached hydrogens (tertiary/aromatic N) is 1. The minimum absolute atomic E-state index is 0.171. The van der Waals surface area contributed by atoms with E-state index in [4.69, 9.17) is 5.11 Å². The van der Waals surface area contributed by atoms with Crippen molar-refractivity contribution < 1.29 is 14.7 Å². The summed E-state index contributed by atoms with van der Waals surface area (Å²) in [5, 5.41) is 9.01. The van der Waals surface area contributed by atoms with Gasteiger partial charge in [0.25, 0.3) is 0 Å². The summed E-state index contributed by atoms with van der Waals surface area (Å²) < 4.78 is 0. The zero-order valence-corrected chi connectivity index (χ0v) is 10.9. The van der Waals surface area contributed by atoms with Crippen LogP contribution in [0.4, 0.5) is 5.69 Å². The molecule has 1 saturated carbocycles. The SMILES string of the molecule is CC1CC1C(=O)N1CCCc2cc(C(=O)O)ccc21. The number of benzene rings is 1. The van der Waals surface area contributed by atoms with Gasteiger partial charge in [-0.15, -0.1) is 0 Å². The Labute approximate surface area is 112 Å². The summed E-state index contributed by atoms with van der Waals surface area (Å²) in [6.07, 6.45) is 2.74. The molecule has 4 nitrogen and oxygen atoms in total. The smallest absolute Gasteiger partial charge is 0.335 e. The van der Waals surface area contributed by atoms with Crippen LogP contribution in [0.15, 0.2) is 18.2 Å². The minimum Gasteiger partial charge on any atom is -0.478 e. The van der Waals surface area contributed by atoms with Crippen LogP contribution in [0, 0.1) is 11.8 Å². The number of hydrogen-bond acceptors (Lipinski definition) is 2. The molecule has 0 saturated heterocycles. The summed E-state index contributed by atoms with van der Waals surface area (Å²) >= 11 is 0. The first-order valence-electron chi connectivity index (χ1n) is 6.75. The van der Waals surface area contributed by atoms with Crippen molar-refractivity contribution in [3.05, 3.63) is 29.3 Å². The van der Waals surface area contributed by atoms with Crippen LogP contribution >= 0.6 is 0 Å². The van der Waals surface area contributed by atoms with Crippen molar-refractivity contribution in [2.45, 2.75) is 26.2 Å². The number of aromatic carboxylic acids is 1. The van der Waals surface area contributed by atoms with Gasteiger partial charge in [0.15, 0.2) is 0 Å². The lowest BCUT2D eigenvalue weighted by Crippen LogP contribution is -2.36. The maximum atomic E-state index is 12.4. The highest BCUT2D eigenvalue weighted by molar-refractivity contribution is 5.98. The number of carbonyl (C=O) groups excluding carboxylic acids is 1. The molecule has 4 heteroatoms. The van der Waals surface area contributed by atoms with Crippen molar-refractivity contribution in [3.63, 3.8) is 0 Å². The molecule has 1 amide bonds. The number of rotatable bonds is 2. The van der Waals surface area contributed by atoms with Gasteiger partial charge in [-0.05, 0) is 48.9 Å². The van der Waals surface area contributed by atoms with Crippen molar-refractivity contribution in [1.29, 1.82) is 0 Å². The van der Waals surface area contributed by atoms with E-state index in [1.165, 1.54) is 0 Å². The molecule has 1 aromatic carbocycles. The number of amides is 1. The average Bonchev–Trinajstić information content (AvgIpc) is 3.13. The fourth-order valence-corrected chi connectivity index (χ4v) is 2.83. The van der Waals surface area contributed by atoms with Gasteiger partial charge < -0.3 is 10.0 Å². The molecule has 0 spiro atoms. The van der Waals surface area contributed by atoms with E-state index in [0.717, 1.165) is 37.1 Å². The van der Waals surface area contributed by atoms with Crippen molar-refractivity contribution in [1.82, 2.24) is 0 Å². The van der Waals surface area contributed by atoms with Gasteiger partial charge in [-0.1, -0.05) is 6.92 Å². The third-order valence-corrected chi connectivity index (χ3v) is 4.14. The molecular weight excluding hydrogens is 242 g/mol. The van der Waals surface area contributed by atoms with E-state index in [9.17, 15) is 9.59 Å². The molecule has 19 heavy (non-hydrogen) atoms. The van der Waals surface area contributed by atoms with Crippen LogP contribution in [0.3, 0.4) is 0 Å². The number of carbonyl (C=O) groups is 2. The van der Waals surface area contributed by atoms with E-state index in [1.807, 2.05) is 4.90 Å². The average molecular weight is 259 g/mol. The normalized spacial score (nSPS) is 24.8. The molecule has 1 aromatic rings. The van der Waals surface area contributed by atoms with Crippen LogP contribution < -0.4 is 4.90 Å². The molecule has 0 aromatic heterocycles. The fourth-order valence-electron chi connectivity index (χ4n) is 2.83. The van der Waals surface area contributed by atoms with Crippen LogP contribution in [0.1, 0.15) is 35.7 Å². The second-order valence-electron chi connectivity index (χ2n) is 5.56. The summed E-state index contributed by atoms with van der Waals surface area (Å²) in [5.74, 6) is -0.0418. The molecular formula is C15H17NO3. The number of carboxylic acid groups (broad SMARTS) is 1. The van der Waals surface area contributed by atoms with Crippen LogP contribution in [-0.2, 0) is 11.2 Å². The molecule has 1 fully saturated rings. The first kappa shape index (κ1) is 12.2. The van der Waals surface area contributed by atoms with E-state index in [1.54, 1.807) is 18.2 Å². The molecule has 1 heterocycles. The maximum Gasteiger partial charge on any atom is 0.335 e. The predicted octanol–water partition coefficient (Wildman–Crippen LogP) is 2.32. The van der Waals surface area contributed by atoms with E-state index < -0.39 is 5.97 Å². The summed E-state index contributed by atoms with van der Waals surface area (Å²) in [5.41, 5.74) is 2.18. The highest BCUT2D eigenvalue weighted by atomic mass is 16.4. The monoisotopic (exact) mass is 259 g/mol. The number of aryl methyl sites for hydroxylation is 1. The highest BCUT2D eigenvalue weighted by Gasteiger charge is 2.42. The zero-order valence-electron chi connectivity index (χ0n) is 10.9. The van der Waals surface area contributed by atoms with Gasteiger partial charge in [0.1, 0.15) is 0 Å². The molecule has 1 N–H and O–H groups in total. The van der Waals surface area contributed by atoms with E-state index >= 15 is 0 Å². The van der Waals surface area contributed by atoms with E-state index in [2.05, 4.69) is 6.92 Å². The largest absolute Gasteiger partial charge is 0.478 e. The Morgan fingerprint density at radius 1 is 1.37 bits per heavy atom. The van der Waals surface area contributed by atoms with Crippen LogP contribution in [0.2, 0.25) is 0 Å². The topological polar surface area (TPSA) is 57.6 Å². The van der Waals surface area contributed by atoms with Crippen LogP contribution in [-0.4, -0.2) is 23.5 Å². The molecule has 3 rings (SSSR count). The predicted molar refractivity (Wildman–Crippen MR) is 71.3 cm³/mol. The summed E-state index contributed by atoms with van der Waals surface area (Å²) in [6, 6.07) is 5.07. The third-order valence-electron chi connectivity index (χ3n) is 4.14. The molecule has 0 radical (unpaired) electrons. The maximum absolute atomic E-state index is 12.4. The summed E-state index contributed by atoms with van der Waals surface area (Å²) in [4.78, 5) is 25.2. The minimum atomic E-state index is -0.915. The van der Waals surface area contributed by atoms with Gasteiger partial charge in [-0.25, -0.2) is 4.79 Å². The fraction of sp³-hybridized carbons (Fsp3) is 0.467. The Morgan fingerprint density at radius 2 is 2.11 bits per heavy atom. The lowest BCUT2D eigenvalue weighted by Gasteiger charge is -2.30.